The second-order valence-corrected chi connectivity index (χ2v) is 5.75. The fraction of sp³-hybridized carbons (Fsp3) is 0.0667. The third-order valence-electron chi connectivity index (χ3n) is 2.68. The molecule has 114 valence electrons. The number of hydrogen-bond donors (Lipinski definition) is 2. The highest BCUT2D eigenvalue weighted by atomic mass is 35.5. The van der Waals surface area contributed by atoms with Crippen LogP contribution in [0.5, 0.6) is 0 Å². The molecule has 22 heavy (non-hydrogen) atoms. The van der Waals surface area contributed by atoms with Gasteiger partial charge in [-0.25, -0.2) is 4.39 Å². The highest BCUT2D eigenvalue weighted by molar-refractivity contribution is 8.00. The van der Waals surface area contributed by atoms with Crippen LogP contribution in [0.2, 0.25) is 5.02 Å². The van der Waals surface area contributed by atoms with Gasteiger partial charge in [0.2, 0.25) is 5.91 Å². The molecule has 2 amide bonds. The van der Waals surface area contributed by atoms with Crippen LogP contribution in [0.4, 0.5) is 10.1 Å². The number of thioether (sulfide) groups is 1. The van der Waals surface area contributed by atoms with Gasteiger partial charge in [0.25, 0.3) is 5.91 Å². The van der Waals surface area contributed by atoms with Crippen molar-refractivity contribution in [3.8, 4) is 0 Å². The van der Waals surface area contributed by atoms with E-state index in [0.29, 0.717) is 16.1 Å². The fourth-order valence-corrected chi connectivity index (χ4v) is 2.71. The molecule has 0 saturated carbocycles. The molecule has 2 aromatic carbocycles. The SMILES string of the molecule is NC(=O)CSc1ccccc1C(=O)Nc1ccc(F)cc1Cl. The normalized spacial score (nSPS) is 10.3. The first-order valence-corrected chi connectivity index (χ1v) is 7.60. The zero-order valence-corrected chi connectivity index (χ0v) is 12.9. The van der Waals surface area contributed by atoms with Crippen molar-refractivity contribution in [2.24, 2.45) is 5.73 Å². The van der Waals surface area contributed by atoms with Gasteiger partial charge in [0, 0.05) is 4.90 Å². The molecule has 4 nitrogen and oxygen atoms in total. The molecule has 2 aromatic rings. The number of nitrogens with two attached hydrogens (primary N) is 1. The molecule has 0 aliphatic rings. The van der Waals surface area contributed by atoms with Crippen molar-refractivity contribution in [1.29, 1.82) is 0 Å². The van der Waals surface area contributed by atoms with Gasteiger partial charge in [0.15, 0.2) is 0 Å². The van der Waals surface area contributed by atoms with E-state index < -0.39 is 17.6 Å². The molecule has 0 bridgehead atoms. The second kappa shape index (κ2) is 7.29. The Hall–Kier alpha value is -2.05. The van der Waals surface area contributed by atoms with E-state index in [0.717, 1.165) is 6.07 Å². The molecule has 0 spiro atoms. The Balaban J connectivity index is 2.20. The lowest BCUT2D eigenvalue weighted by molar-refractivity contribution is -0.115. The second-order valence-electron chi connectivity index (χ2n) is 4.33. The van der Waals surface area contributed by atoms with Crippen molar-refractivity contribution < 1.29 is 14.0 Å². The van der Waals surface area contributed by atoms with Crippen LogP contribution in [0, 0.1) is 5.82 Å². The molecule has 0 aliphatic carbocycles. The maximum absolute atomic E-state index is 13.0. The summed E-state index contributed by atoms with van der Waals surface area (Å²) >= 11 is 7.05. The topological polar surface area (TPSA) is 72.2 Å². The number of nitrogens with one attached hydrogen (secondary N) is 1. The van der Waals surface area contributed by atoms with Gasteiger partial charge in [-0.3, -0.25) is 9.59 Å². The van der Waals surface area contributed by atoms with E-state index in [4.69, 9.17) is 17.3 Å². The summed E-state index contributed by atoms with van der Waals surface area (Å²) in [6.07, 6.45) is 0. The van der Waals surface area contributed by atoms with Gasteiger partial charge < -0.3 is 11.1 Å². The van der Waals surface area contributed by atoms with Gasteiger partial charge in [-0.15, -0.1) is 11.8 Å². The number of hydrogen-bond acceptors (Lipinski definition) is 3. The quantitative estimate of drug-likeness (QED) is 0.821. The Morgan fingerprint density at radius 1 is 1.23 bits per heavy atom. The van der Waals surface area contributed by atoms with E-state index in [9.17, 15) is 14.0 Å². The van der Waals surface area contributed by atoms with Gasteiger partial charge in [-0.1, -0.05) is 23.7 Å². The van der Waals surface area contributed by atoms with Crippen molar-refractivity contribution in [2.75, 3.05) is 11.1 Å². The monoisotopic (exact) mass is 338 g/mol. The van der Waals surface area contributed by atoms with E-state index in [2.05, 4.69) is 5.32 Å². The summed E-state index contributed by atoms with van der Waals surface area (Å²) in [6.45, 7) is 0. The average molecular weight is 339 g/mol. The molecule has 0 saturated heterocycles. The lowest BCUT2D eigenvalue weighted by atomic mass is 10.2. The molecule has 0 unspecified atom stereocenters. The van der Waals surface area contributed by atoms with Gasteiger partial charge >= 0.3 is 0 Å². The number of halogens is 2. The molecule has 3 N–H and O–H groups in total. The molecule has 0 fully saturated rings. The zero-order valence-electron chi connectivity index (χ0n) is 11.3. The van der Waals surface area contributed by atoms with E-state index >= 15 is 0 Å². The molecular formula is C15H12ClFN2O2S. The first-order valence-electron chi connectivity index (χ1n) is 6.24. The maximum Gasteiger partial charge on any atom is 0.256 e. The molecule has 0 atom stereocenters. The van der Waals surface area contributed by atoms with Gasteiger partial charge in [0.05, 0.1) is 22.0 Å². The third kappa shape index (κ3) is 4.22. The number of benzene rings is 2. The Labute approximate surface area is 135 Å². The van der Waals surface area contributed by atoms with Crippen LogP contribution in [0.15, 0.2) is 47.4 Å². The molecule has 2 rings (SSSR count). The summed E-state index contributed by atoms with van der Waals surface area (Å²) in [6, 6.07) is 10.5. The summed E-state index contributed by atoms with van der Waals surface area (Å²) in [7, 11) is 0. The summed E-state index contributed by atoms with van der Waals surface area (Å²) in [5.74, 6) is -1.29. The van der Waals surface area contributed by atoms with Crippen molar-refractivity contribution in [1.82, 2.24) is 0 Å². The smallest absolute Gasteiger partial charge is 0.256 e. The van der Waals surface area contributed by atoms with Crippen molar-refractivity contribution in [3.05, 3.63) is 58.9 Å². The van der Waals surface area contributed by atoms with Crippen molar-refractivity contribution >= 4 is 40.9 Å². The third-order valence-corrected chi connectivity index (χ3v) is 4.09. The van der Waals surface area contributed by atoms with Crippen molar-refractivity contribution in [2.45, 2.75) is 4.90 Å². The Morgan fingerprint density at radius 2 is 1.95 bits per heavy atom. The standard InChI is InChI=1S/C15H12ClFN2O2S/c16-11-7-9(17)5-6-12(11)19-15(21)10-3-1-2-4-13(10)22-8-14(18)20/h1-7H,8H2,(H2,18,20)(H,19,21). The number of rotatable bonds is 5. The van der Waals surface area contributed by atoms with Crippen LogP contribution in [0.3, 0.4) is 0 Å². The van der Waals surface area contributed by atoms with E-state index in [-0.39, 0.29) is 10.8 Å². The Kier molecular flexibility index (Phi) is 5.41. The predicted molar refractivity (Wildman–Crippen MR) is 85.7 cm³/mol. The van der Waals surface area contributed by atoms with E-state index in [1.54, 1.807) is 24.3 Å². The lowest BCUT2D eigenvalue weighted by Gasteiger charge is -2.10. The minimum Gasteiger partial charge on any atom is -0.369 e. The number of primary amides is 1. The van der Waals surface area contributed by atoms with Crippen LogP contribution in [-0.2, 0) is 4.79 Å². The fourth-order valence-electron chi connectivity index (χ4n) is 1.71. The Bertz CT molecular complexity index is 724. The highest BCUT2D eigenvalue weighted by Crippen LogP contribution is 2.26. The maximum atomic E-state index is 13.0. The first kappa shape index (κ1) is 16.3. The number of anilines is 1. The van der Waals surface area contributed by atoms with Gasteiger partial charge in [-0.05, 0) is 30.3 Å². The highest BCUT2D eigenvalue weighted by Gasteiger charge is 2.14. The van der Waals surface area contributed by atoms with E-state index in [1.807, 2.05) is 0 Å². The van der Waals surface area contributed by atoms with Crippen LogP contribution in [0.1, 0.15) is 10.4 Å². The summed E-state index contributed by atoms with van der Waals surface area (Å²) in [5, 5.41) is 2.72. The molecular weight excluding hydrogens is 327 g/mol. The first-order chi connectivity index (χ1) is 10.5. The number of carbonyl (C=O) groups excluding carboxylic acids is 2. The summed E-state index contributed by atoms with van der Waals surface area (Å²) in [5.41, 5.74) is 5.80. The molecule has 7 heteroatoms. The van der Waals surface area contributed by atoms with Crippen LogP contribution < -0.4 is 11.1 Å². The average Bonchev–Trinajstić information content (AvgIpc) is 2.48. The predicted octanol–water partition coefficient (Wildman–Crippen LogP) is 3.31. The number of amides is 2. The van der Waals surface area contributed by atoms with Crippen molar-refractivity contribution in [3.63, 3.8) is 0 Å². The molecule has 0 aliphatic heterocycles. The van der Waals surface area contributed by atoms with Crippen LogP contribution in [0.25, 0.3) is 0 Å². The lowest BCUT2D eigenvalue weighted by Crippen LogP contribution is -2.15. The summed E-state index contributed by atoms with van der Waals surface area (Å²) in [4.78, 5) is 23.8. The molecule has 0 heterocycles. The van der Waals surface area contributed by atoms with E-state index in [1.165, 1.54) is 23.9 Å². The summed E-state index contributed by atoms with van der Waals surface area (Å²) < 4.78 is 13.0. The molecule has 0 aromatic heterocycles. The van der Waals surface area contributed by atoms with Crippen LogP contribution >= 0.6 is 23.4 Å². The minimum absolute atomic E-state index is 0.0710. The zero-order chi connectivity index (χ0) is 16.1. The number of carbonyl (C=O) groups is 2. The van der Waals surface area contributed by atoms with Gasteiger partial charge in [-0.2, -0.15) is 0 Å². The van der Waals surface area contributed by atoms with Crippen LogP contribution in [-0.4, -0.2) is 17.6 Å². The Morgan fingerprint density at radius 3 is 2.64 bits per heavy atom. The van der Waals surface area contributed by atoms with Gasteiger partial charge in [0.1, 0.15) is 5.82 Å². The minimum atomic E-state index is -0.486. The molecule has 0 radical (unpaired) electrons. The largest absolute Gasteiger partial charge is 0.369 e.